The molecule has 12 nitrogen and oxygen atoms in total. The number of hydrogen-bond donors (Lipinski definition) is 6. The zero-order valence-electron chi connectivity index (χ0n) is 22.7. The van der Waals surface area contributed by atoms with Gasteiger partial charge in [0.2, 0.25) is 12.2 Å². The minimum atomic E-state index is -0.870. The van der Waals surface area contributed by atoms with Gasteiger partial charge in [-0.2, -0.15) is 9.98 Å². The monoisotopic (exact) mass is 562 g/mol. The van der Waals surface area contributed by atoms with Gasteiger partial charge in [-0.25, -0.2) is 9.59 Å². The van der Waals surface area contributed by atoms with Crippen molar-refractivity contribution in [3.63, 3.8) is 0 Å². The Balaban J connectivity index is 0. The number of nitrogens with zero attached hydrogens (tertiary/aromatic N) is 2. The zero-order valence-corrected chi connectivity index (χ0v) is 22.7. The lowest BCUT2D eigenvalue weighted by Gasteiger charge is -2.16. The summed E-state index contributed by atoms with van der Waals surface area (Å²) in [5, 5.41) is 48.4. The van der Waals surface area contributed by atoms with Crippen LogP contribution in [-0.4, -0.2) is 81.2 Å². The Kier molecular flexibility index (Phi) is 22.9. The normalized spacial score (nSPS) is 9.55. The van der Waals surface area contributed by atoms with E-state index in [0.717, 1.165) is 17.5 Å². The lowest BCUT2D eigenvalue weighted by molar-refractivity contribution is -0.139. The summed E-state index contributed by atoms with van der Waals surface area (Å²) >= 11 is 0. The fourth-order valence-electron chi connectivity index (χ4n) is 2.32. The molecule has 12 heteroatoms. The van der Waals surface area contributed by atoms with Crippen molar-refractivity contribution in [1.82, 2.24) is 0 Å². The minimum Gasteiger partial charge on any atom is -0.481 e. The molecule has 2 aromatic carbocycles. The maximum Gasteiger partial charge on any atom is 0.303 e. The van der Waals surface area contributed by atoms with E-state index in [2.05, 4.69) is 9.98 Å². The smallest absolute Gasteiger partial charge is 0.303 e. The van der Waals surface area contributed by atoms with Crippen LogP contribution in [0.5, 0.6) is 0 Å². The van der Waals surface area contributed by atoms with Gasteiger partial charge in [-0.1, -0.05) is 38.1 Å². The Morgan fingerprint density at radius 3 is 1.20 bits per heavy atom. The van der Waals surface area contributed by atoms with Crippen LogP contribution in [0.3, 0.4) is 0 Å². The number of aliphatic hydroxyl groups excluding tert-OH is 4. The number of unbranched alkanes of at least 4 members (excludes halogenated alkanes) is 1. The molecule has 0 aliphatic carbocycles. The van der Waals surface area contributed by atoms with Crippen molar-refractivity contribution in [3.8, 4) is 0 Å². The van der Waals surface area contributed by atoms with Crippen molar-refractivity contribution in [1.29, 1.82) is 0 Å². The van der Waals surface area contributed by atoms with Gasteiger partial charge in [0, 0.05) is 18.3 Å². The van der Waals surface area contributed by atoms with E-state index in [4.69, 9.17) is 30.6 Å². The van der Waals surface area contributed by atoms with Gasteiger partial charge in [0.1, 0.15) is 0 Å². The van der Waals surface area contributed by atoms with Gasteiger partial charge in [-0.15, -0.1) is 0 Å². The number of aliphatic hydroxyl groups is 4. The van der Waals surface area contributed by atoms with E-state index in [9.17, 15) is 19.2 Å². The number of carbonyl (C=O) groups excluding carboxylic acids is 2. The molecular formula is C28H38N2O10. The fourth-order valence-corrected chi connectivity index (χ4v) is 2.32. The molecule has 0 saturated heterocycles. The molecule has 0 amide bonds. The highest BCUT2D eigenvalue weighted by atomic mass is 16.4. The molecule has 0 radical (unpaired) electrons. The highest BCUT2D eigenvalue weighted by Crippen LogP contribution is 2.17. The van der Waals surface area contributed by atoms with Crippen molar-refractivity contribution in [2.24, 2.45) is 15.4 Å². The second-order valence-corrected chi connectivity index (χ2v) is 8.84. The van der Waals surface area contributed by atoms with Gasteiger partial charge in [-0.05, 0) is 54.7 Å². The highest BCUT2D eigenvalue weighted by molar-refractivity contribution is 5.67. The van der Waals surface area contributed by atoms with Crippen molar-refractivity contribution in [2.45, 2.75) is 46.0 Å². The van der Waals surface area contributed by atoms with Crippen LogP contribution in [0.2, 0.25) is 0 Å². The van der Waals surface area contributed by atoms with E-state index in [1.54, 1.807) is 38.1 Å². The van der Waals surface area contributed by atoms with Crippen LogP contribution in [0.4, 0.5) is 11.4 Å². The van der Waals surface area contributed by atoms with Crippen LogP contribution in [0.1, 0.15) is 50.7 Å². The first-order valence-corrected chi connectivity index (χ1v) is 12.2. The summed E-state index contributed by atoms with van der Waals surface area (Å²) in [6.45, 7) is 3.44. The molecule has 2 aromatic rings. The molecule has 0 bridgehead atoms. The Bertz CT molecular complexity index is 974. The summed E-state index contributed by atoms with van der Waals surface area (Å²) in [6.07, 6.45) is 4.79. The zero-order chi connectivity index (χ0) is 30.8. The summed E-state index contributed by atoms with van der Waals surface area (Å²) in [7, 11) is 0. The predicted molar refractivity (Wildman–Crippen MR) is 147 cm³/mol. The Labute approximate surface area is 233 Å². The third-order valence-electron chi connectivity index (χ3n) is 4.62. The van der Waals surface area contributed by atoms with Gasteiger partial charge in [-0.3, -0.25) is 9.59 Å². The number of carboxylic acid groups (broad SMARTS) is 2. The Morgan fingerprint density at radius 1 is 0.675 bits per heavy atom. The van der Waals surface area contributed by atoms with Gasteiger partial charge in [0.15, 0.2) is 0 Å². The molecule has 0 spiro atoms. The summed E-state index contributed by atoms with van der Waals surface area (Å²) in [5.74, 6) is -1.74. The molecule has 0 fully saturated rings. The SMILES string of the molecule is CC(C)(CO)CO.O=C(O)CCCCC(=O)O.O=C=Nc1ccc(Cc2ccc(N=C=O)cc2)cc1.OCCO. The van der Waals surface area contributed by atoms with Crippen LogP contribution >= 0.6 is 0 Å². The average Bonchev–Trinajstić information content (AvgIpc) is 2.94. The van der Waals surface area contributed by atoms with Crippen LogP contribution in [0.15, 0.2) is 58.5 Å². The van der Waals surface area contributed by atoms with E-state index in [-0.39, 0.29) is 44.7 Å². The number of rotatable bonds is 12. The van der Waals surface area contributed by atoms with E-state index in [1.807, 2.05) is 24.3 Å². The number of aliphatic imine (C=N–C) groups is 2. The minimum absolute atomic E-state index is 0.0451. The van der Waals surface area contributed by atoms with Gasteiger partial charge in [0.25, 0.3) is 0 Å². The maximum absolute atomic E-state index is 10.1. The molecule has 0 aliphatic rings. The maximum atomic E-state index is 10.1. The largest absolute Gasteiger partial charge is 0.481 e. The number of hydrogen-bond acceptors (Lipinski definition) is 10. The highest BCUT2D eigenvalue weighted by Gasteiger charge is 2.13. The summed E-state index contributed by atoms with van der Waals surface area (Å²) < 4.78 is 0. The van der Waals surface area contributed by atoms with Crippen LogP contribution in [-0.2, 0) is 25.6 Å². The van der Waals surface area contributed by atoms with Crippen molar-refractivity contribution in [2.75, 3.05) is 26.4 Å². The molecule has 0 aromatic heterocycles. The van der Waals surface area contributed by atoms with Crippen LogP contribution in [0, 0.1) is 5.41 Å². The lowest BCUT2D eigenvalue weighted by atomic mass is 9.97. The number of carboxylic acids is 2. The third-order valence-corrected chi connectivity index (χ3v) is 4.62. The van der Waals surface area contributed by atoms with Crippen LogP contribution < -0.4 is 0 Å². The first-order chi connectivity index (χ1) is 19.0. The van der Waals surface area contributed by atoms with Crippen molar-refractivity contribution in [3.05, 3.63) is 59.7 Å². The molecule has 0 unspecified atom stereocenters. The third kappa shape index (κ3) is 23.1. The second kappa shape index (κ2) is 24.1. The number of aliphatic carboxylic acids is 2. The first kappa shape index (κ1) is 38.1. The molecule has 40 heavy (non-hydrogen) atoms. The molecule has 0 heterocycles. The molecule has 6 N–H and O–H groups in total. The number of carbonyl (C=O) groups is 2. The summed E-state index contributed by atoms with van der Waals surface area (Å²) in [4.78, 5) is 47.1. The summed E-state index contributed by atoms with van der Waals surface area (Å²) in [6, 6.07) is 14.7. The number of benzene rings is 2. The molecule has 0 aliphatic heterocycles. The van der Waals surface area contributed by atoms with E-state index >= 15 is 0 Å². The van der Waals surface area contributed by atoms with Gasteiger partial charge >= 0.3 is 11.9 Å². The van der Waals surface area contributed by atoms with E-state index in [1.165, 1.54) is 12.2 Å². The molecule has 2 rings (SSSR count). The quantitative estimate of drug-likeness (QED) is 0.126. The Morgan fingerprint density at radius 2 is 1.00 bits per heavy atom. The van der Waals surface area contributed by atoms with Gasteiger partial charge < -0.3 is 30.6 Å². The molecule has 0 atom stereocenters. The molecule has 0 saturated carbocycles. The van der Waals surface area contributed by atoms with Gasteiger partial charge in [0.05, 0.1) is 37.8 Å². The fraction of sp³-hybridized carbons (Fsp3) is 0.429. The standard InChI is InChI=1S/C15H10N2O2.C6H10O4.C5H12O2.C2H6O2/c18-10-16-14-5-1-12(2-6-14)9-13-3-7-15(8-4-13)17-11-19;7-5(8)3-1-2-4-6(9)10;1-5(2,3-6)4-7;3-1-2-4/h1-8H,9H2;1-4H2,(H,7,8)(H,9,10);6-7H,3-4H2,1-2H3;3-4H,1-2H2. The van der Waals surface area contributed by atoms with E-state index in [0.29, 0.717) is 24.2 Å². The molecule has 220 valence electrons. The predicted octanol–water partition coefficient (Wildman–Crippen LogP) is 2.90. The number of isocyanates is 2. The second-order valence-electron chi connectivity index (χ2n) is 8.84. The topological polar surface area (TPSA) is 214 Å². The molecular weight excluding hydrogens is 524 g/mol. The average molecular weight is 563 g/mol. The first-order valence-electron chi connectivity index (χ1n) is 12.2. The van der Waals surface area contributed by atoms with Crippen LogP contribution in [0.25, 0.3) is 0 Å². The Hall–Kier alpha value is -4.02. The lowest BCUT2D eigenvalue weighted by Crippen LogP contribution is -2.20. The summed E-state index contributed by atoms with van der Waals surface area (Å²) in [5.41, 5.74) is 3.09. The van der Waals surface area contributed by atoms with E-state index < -0.39 is 11.9 Å². The van der Waals surface area contributed by atoms with Crippen molar-refractivity contribution >= 4 is 35.5 Å². The van der Waals surface area contributed by atoms with Crippen molar-refractivity contribution < 1.29 is 49.8 Å².